The van der Waals surface area contributed by atoms with Crippen molar-refractivity contribution in [3.63, 3.8) is 0 Å². The summed E-state index contributed by atoms with van der Waals surface area (Å²) < 4.78 is 0. The molecule has 5 heteroatoms. The van der Waals surface area contributed by atoms with E-state index in [1.165, 1.54) is 4.90 Å². The number of anilines is 2. The molecule has 0 saturated heterocycles. The van der Waals surface area contributed by atoms with Gasteiger partial charge in [0.2, 0.25) is 0 Å². The largest absolute Gasteiger partial charge is 0.480 e. The number of nitrogens with zero attached hydrogens (tertiary/aromatic N) is 1. The van der Waals surface area contributed by atoms with Gasteiger partial charge in [0.15, 0.2) is 0 Å². The van der Waals surface area contributed by atoms with Crippen molar-refractivity contribution >= 4 is 23.4 Å². The molecule has 0 spiro atoms. The molecule has 126 valence electrons. The standard InChI is InChI=1S/C19H22N2O3/c1-14(2)13-17(18(22)23)20-19(24)21(15-9-5-3-6-10-15)16-11-7-4-8-12-16/h3-12,14,17H,13H2,1-2H3,(H,20,24)(H,22,23). The van der Waals surface area contributed by atoms with Crippen LogP contribution in [0.15, 0.2) is 60.7 Å². The second-order valence-electron chi connectivity index (χ2n) is 5.98. The van der Waals surface area contributed by atoms with E-state index in [1.807, 2.05) is 74.5 Å². The van der Waals surface area contributed by atoms with E-state index in [9.17, 15) is 14.7 Å². The van der Waals surface area contributed by atoms with Gasteiger partial charge in [0.05, 0.1) is 11.4 Å². The Bertz CT molecular complexity index is 632. The molecule has 0 heterocycles. The van der Waals surface area contributed by atoms with Crippen LogP contribution in [0, 0.1) is 5.92 Å². The molecular formula is C19H22N2O3. The van der Waals surface area contributed by atoms with Crippen LogP contribution in [0.1, 0.15) is 20.3 Å². The van der Waals surface area contributed by atoms with Crippen molar-refractivity contribution in [2.75, 3.05) is 4.90 Å². The summed E-state index contributed by atoms with van der Waals surface area (Å²) in [6, 6.07) is 16.9. The second kappa shape index (κ2) is 8.15. The van der Waals surface area contributed by atoms with Crippen molar-refractivity contribution in [2.45, 2.75) is 26.3 Å². The maximum atomic E-state index is 12.8. The summed E-state index contributed by atoms with van der Waals surface area (Å²) in [6.07, 6.45) is 0.374. The number of carbonyl (C=O) groups excluding carboxylic acids is 1. The van der Waals surface area contributed by atoms with Gasteiger partial charge in [-0.3, -0.25) is 4.90 Å². The molecule has 2 amide bonds. The van der Waals surface area contributed by atoms with Gasteiger partial charge in [-0.15, -0.1) is 0 Å². The molecule has 0 radical (unpaired) electrons. The molecule has 2 rings (SSSR count). The highest BCUT2D eigenvalue weighted by Crippen LogP contribution is 2.25. The highest BCUT2D eigenvalue weighted by Gasteiger charge is 2.25. The first-order chi connectivity index (χ1) is 11.5. The van der Waals surface area contributed by atoms with E-state index in [1.54, 1.807) is 0 Å². The number of benzene rings is 2. The predicted molar refractivity (Wildman–Crippen MR) is 94.4 cm³/mol. The predicted octanol–water partition coefficient (Wildman–Crippen LogP) is 4.03. The quantitative estimate of drug-likeness (QED) is 0.842. The van der Waals surface area contributed by atoms with Crippen LogP contribution < -0.4 is 10.2 Å². The zero-order chi connectivity index (χ0) is 17.5. The third-order valence-electron chi connectivity index (χ3n) is 3.53. The van der Waals surface area contributed by atoms with Crippen molar-refractivity contribution in [2.24, 2.45) is 5.92 Å². The molecule has 0 aromatic heterocycles. The van der Waals surface area contributed by atoms with Crippen LogP contribution in [0.3, 0.4) is 0 Å². The van der Waals surface area contributed by atoms with E-state index in [0.717, 1.165) is 0 Å². The van der Waals surface area contributed by atoms with E-state index >= 15 is 0 Å². The molecule has 0 saturated carbocycles. The van der Waals surface area contributed by atoms with E-state index < -0.39 is 18.0 Å². The Morgan fingerprint density at radius 2 is 1.42 bits per heavy atom. The first-order valence-corrected chi connectivity index (χ1v) is 7.92. The van der Waals surface area contributed by atoms with Crippen LogP contribution >= 0.6 is 0 Å². The number of nitrogens with one attached hydrogen (secondary N) is 1. The third-order valence-corrected chi connectivity index (χ3v) is 3.53. The SMILES string of the molecule is CC(C)CC(NC(=O)N(c1ccccc1)c1ccccc1)C(=O)O. The number of amides is 2. The molecule has 0 bridgehead atoms. The monoisotopic (exact) mass is 326 g/mol. The van der Waals surface area contributed by atoms with Gasteiger partial charge in [0.25, 0.3) is 0 Å². The zero-order valence-corrected chi connectivity index (χ0v) is 13.8. The van der Waals surface area contributed by atoms with Crippen molar-refractivity contribution in [1.82, 2.24) is 5.32 Å². The number of para-hydroxylation sites is 2. The van der Waals surface area contributed by atoms with Crippen LogP contribution in [-0.2, 0) is 4.79 Å². The van der Waals surface area contributed by atoms with E-state index in [2.05, 4.69) is 5.32 Å². The van der Waals surface area contributed by atoms with Gasteiger partial charge < -0.3 is 10.4 Å². The smallest absolute Gasteiger partial charge is 0.327 e. The maximum absolute atomic E-state index is 12.8. The Labute approximate surface area is 141 Å². The lowest BCUT2D eigenvalue weighted by molar-refractivity contribution is -0.139. The van der Waals surface area contributed by atoms with Crippen molar-refractivity contribution < 1.29 is 14.7 Å². The van der Waals surface area contributed by atoms with Gasteiger partial charge in [-0.1, -0.05) is 50.2 Å². The molecule has 0 aliphatic heterocycles. The Morgan fingerprint density at radius 3 is 1.79 bits per heavy atom. The van der Waals surface area contributed by atoms with Gasteiger partial charge in [-0.2, -0.15) is 0 Å². The van der Waals surface area contributed by atoms with Crippen LogP contribution in [0.4, 0.5) is 16.2 Å². The minimum atomic E-state index is -1.03. The summed E-state index contributed by atoms with van der Waals surface area (Å²) in [5.41, 5.74) is 1.35. The summed E-state index contributed by atoms with van der Waals surface area (Å²) in [7, 11) is 0. The van der Waals surface area contributed by atoms with Gasteiger partial charge >= 0.3 is 12.0 Å². The molecule has 0 aliphatic carbocycles. The lowest BCUT2D eigenvalue weighted by Crippen LogP contribution is -2.47. The number of urea groups is 1. The molecule has 24 heavy (non-hydrogen) atoms. The fourth-order valence-corrected chi connectivity index (χ4v) is 2.44. The van der Waals surface area contributed by atoms with Crippen LogP contribution in [-0.4, -0.2) is 23.1 Å². The van der Waals surface area contributed by atoms with Crippen molar-refractivity contribution in [3.05, 3.63) is 60.7 Å². The number of hydrogen-bond acceptors (Lipinski definition) is 2. The number of carboxylic acid groups (broad SMARTS) is 1. The minimum absolute atomic E-state index is 0.160. The summed E-state index contributed by atoms with van der Waals surface area (Å²) in [4.78, 5) is 25.7. The average Bonchev–Trinajstić information content (AvgIpc) is 2.56. The molecule has 1 atom stereocenters. The van der Waals surface area contributed by atoms with Crippen LogP contribution in [0.2, 0.25) is 0 Å². The molecule has 0 fully saturated rings. The molecule has 1 unspecified atom stereocenters. The fourth-order valence-electron chi connectivity index (χ4n) is 2.44. The van der Waals surface area contributed by atoms with Crippen LogP contribution in [0.5, 0.6) is 0 Å². The van der Waals surface area contributed by atoms with Gasteiger partial charge in [-0.25, -0.2) is 9.59 Å². The molecule has 2 N–H and O–H groups in total. The molecule has 0 aliphatic rings. The third kappa shape index (κ3) is 4.59. The lowest BCUT2D eigenvalue weighted by Gasteiger charge is -2.26. The number of carboxylic acids is 1. The molecule has 5 nitrogen and oxygen atoms in total. The number of aliphatic carboxylic acids is 1. The average molecular weight is 326 g/mol. The van der Waals surface area contributed by atoms with Crippen LogP contribution in [0.25, 0.3) is 0 Å². The Hall–Kier alpha value is -2.82. The lowest BCUT2D eigenvalue weighted by atomic mass is 10.0. The van der Waals surface area contributed by atoms with E-state index in [-0.39, 0.29) is 5.92 Å². The highest BCUT2D eigenvalue weighted by molar-refractivity contribution is 6.00. The number of hydrogen-bond donors (Lipinski definition) is 2. The molecule has 2 aromatic carbocycles. The summed E-state index contributed by atoms with van der Waals surface area (Å²) in [5, 5.41) is 12.0. The zero-order valence-electron chi connectivity index (χ0n) is 13.8. The van der Waals surface area contributed by atoms with Gasteiger partial charge in [0.1, 0.15) is 6.04 Å². The Morgan fingerprint density at radius 1 is 0.958 bits per heavy atom. The van der Waals surface area contributed by atoms with Crippen molar-refractivity contribution in [1.29, 1.82) is 0 Å². The number of rotatable bonds is 6. The fraction of sp³-hybridized carbons (Fsp3) is 0.263. The van der Waals surface area contributed by atoms with Gasteiger partial charge in [-0.05, 0) is 36.6 Å². The summed E-state index contributed by atoms with van der Waals surface area (Å²) in [6.45, 7) is 3.85. The summed E-state index contributed by atoms with van der Waals surface area (Å²) >= 11 is 0. The Kier molecular flexibility index (Phi) is 5.95. The normalized spacial score (nSPS) is 11.8. The Balaban J connectivity index is 2.30. The topological polar surface area (TPSA) is 69.6 Å². The second-order valence-corrected chi connectivity index (χ2v) is 5.98. The molecule has 2 aromatic rings. The molecular weight excluding hydrogens is 304 g/mol. The first kappa shape index (κ1) is 17.5. The summed E-state index contributed by atoms with van der Waals surface area (Å²) in [5.74, 6) is -0.869. The van der Waals surface area contributed by atoms with Gasteiger partial charge in [0, 0.05) is 0 Å². The maximum Gasteiger partial charge on any atom is 0.327 e. The highest BCUT2D eigenvalue weighted by atomic mass is 16.4. The van der Waals surface area contributed by atoms with E-state index in [4.69, 9.17) is 0 Å². The first-order valence-electron chi connectivity index (χ1n) is 7.92. The van der Waals surface area contributed by atoms with Crippen molar-refractivity contribution in [3.8, 4) is 0 Å². The van der Waals surface area contributed by atoms with E-state index in [0.29, 0.717) is 17.8 Å². The minimum Gasteiger partial charge on any atom is -0.480 e. The number of carbonyl (C=O) groups is 2.